The van der Waals surface area contributed by atoms with E-state index in [0.29, 0.717) is 11.4 Å². The van der Waals surface area contributed by atoms with Crippen LogP contribution in [-0.4, -0.2) is 22.1 Å². The molecule has 1 aromatic carbocycles. The lowest BCUT2D eigenvalue weighted by Crippen LogP contribution is -2.25. The fraction of sp³-hybridized carbons (Fsp3) is 0.467. The van der Waals surface area contributed by atoms with Crippen LogP contribution in [0.5, 0.6) is 0 Å². The normalized spacial score (nSPS) is 11.3. The first kappa shape index (κ1) is 13.7. The molecular weight excluding hydrogens is 238 g/mol. The molecule has 0 bridgehead atoms. The van der Waals surface area contributed by atoms with Gasteiger partial charge in [-0.05, 0) is 31.5 Å². The molecule has 19 heavy (non-hydrogen) atoms. The number of fused-ring (bicyclic) bond motifs is 1. The molecule has 2 aromatic rings. The van der Waals surface area contributed by atoms with Crippen LogP contribution in [0.25, 0.3) is 10.9 Å². The summed E-state index contributed by atoms with van der Waals surface area (Å²) in [6.07, 6.45) is 3.71. The predicted octanol–water partition coefficient (Wildman–Crippen LogP) is 2.17. The number of nitrogens with one attached hydrogen (secondary N) is 1. The molecule has 0 saturated carbocycles. The van der Waals surface area contributed by atoms with Gasteiger partial charge in [0.25, 0.3) is 5.56 Å². The van der Waals surface area contributed by atoms with Crippen LogP contribution in [0.3, 0.4) is 0 Å². The first-order valence-electron chi connectivity index (χ1n) is 6.86. The maximum atomic E-state index is 12.2. The number of aryl methyl sites for hydroxylation is 1. The van der Waals surface area contributed by atoms with Crippen molar-refractivity contribution in [1.82, 2.24) is 14.9 Å². The van der Waals surface area contributed by atoms with Gasteiger partial charge < -0.3 is 5.32 Å². The van der Waals surface area contributed by atoms with E-state index in [0.717, 1.165) is 31.4 Å². The van der Waals surface area contributed by atoms with Crippen molar-refractivity contribution in [2.75, 3.05) is 6.54 Å². The lowest BCUT2D eigenvalue weighted by atomic mass is 10.2. The highest BCUT2D eigenvalue weighted by molar-refractivity contribution is 5.76. The Labute approximate surface area is 113 Å². The smallest absolute Gasteiger partial charge is 0.261 e. The third-order valence-electron chi connectivity index (χ3n) is 3.11. The van der Waals surface area contributed by atoms with Crippen LogP contribution in [0.15, 0.2) is 35.4 Å². The van der Waals surface area contributed by atoms with Crippen molar-refractivity contribution in [3.8, 4) is 0 Å². The van der Waals surface area contributed by atoms with Crippen molar-refractivity contribution >= 4 is 10.9 Å². The first-order valence-corrected chi connectivity index (χ1v) is 6.86. The highest BCUT2D eigenvalue weighted by Crippen LogP contribution is 2.05. The van der Waals surface area contributed by atoms with E-state index in [1.807, 2.05) is 24.3 Å². The lowest BCUT2D eigenvalue weighted by molar-refractivity contribution is 0.525. The first-order chi connectivity index (χ1) is 9.18. The quantitative estimate of drug-likeness (QED) is 0.809. The maximum absolute atomic E-state index is 12.2. The van der Waals surface area contributed by atoms with Gasteiger partial charge in [0.05, 0.1) is 17.2 Å². The Morgan fingerprint density at radius 1 is 1.26 bits per heavy atom. The zero-order valence-electron chi connectivity index (χ0n) is 11.6. The summed E-state index contributed by atoms with van der Waals surface area (Å²) in [5, 5.41) is 4.07. The summed E-state index contributed by atoms with van der Waals surface area (Å²) in [5.74, 6) is 0. The number of benzene rings is 1. The Morgan fingerprint density at radius 3 is 2.84 bits per heavy atom. The average Bonchev–Trinajstić information content (AvgIpc) is 2.41. The summed E-state index contributed by atoms with van der Waals surface area (Å²) in [7, 11) is 0. The third kappa shape index (κ3) is 3.64. The summed E-state index contributed by atoms with van der Waals surface area (Å²) in [4.78, 5) is 16.5. The van der Waals surface area contributed by atoms with Crippen LogP contribution in [-0.2, 0) is 6.54 Å². The molecule has 0 atom stereocenters. The minimum atomic E-state index is 0.0578. The van der Waals surface area contributed by atoms with Crippen molar-refractivity contribution in [3.63, 3.8) is 0 Å². The number of hydrogen-bond acceptors (Lipinski definition) is 3. The molecule has 0 spiro atoms. The molecule has 0 aliphatic heterocycles. The van der Waals surface area contributed by atoms with Gasteiger partial charge >= 0.3 is 0 Å². The van der Waals surface area contributed by atoms with Crippen molar-refractivity contribution in [2.24, 2.45) is 0 Å². The molecular formula is C15H21N3O. The monoisotopic (exact) mass is 259 g/mol. The van der Waals surface area contributed by atoms with E-state index >= 15 is 0 Å². The van der Waals surface area contributed by atoms with Crippen LogP contribution in [0.4, 0.5) is 0 Å². The SMILES string of the molecule is CC(C)NCCCCn1cnc2ccccc2c1=O. The summed E-state index contributed by atoms with van der Waals surface area (Å²) in [6, 6.07) is 8.00. The molecule has 4 heteroatoms. The van der Waals surface area contributed by atoms with Gasteiger partial charge in [-0.3, -0.25) is 9.36 Å². The zero-order chi connectivity index (χ0) is 13.7. The summed E-state index contributed by atoms with van der Waals surface area (Å²) in [5.41, 5.74) is 0.827. The van der Waals surface area contributed by atoms with E-state index in [9.17, 15) is 4.79 Å². The fourth-order valence-electron chi connectivity index (χ4n) is 2.06. The van der Waals surface area contributed by atoms with E-state index in [1.54, 1.807) is 10.9 Å². The average molecular weight is 259 g/mol. The van der Waals surface area contributed by atoms with Gasteiger partial charge in [0, 0.05) is 12.6 Å². The zero-order valence-corrected chi connectivity index (χ0v) is 11.6. The molecule has 0 fully saturated rings. The Kier molecular flexibility index (Phi) is 4.68. The van der Waals surface area contributed by atoms with Crippen molar-refractivity contribution < 1.29 is 0 Å². The molecule has 1 heterocycles. The molecule has 0 radical (unpaired) electrons. The van der Waals surface area contributed by atoms with Gasteiger partial charge in [-0.2, -0.15) is 0 Å². The molecule has 4 nitrogen and oxygen atoms in total. The number of aromatic nitrogens is 2. The number of rotatable bonds is 6. The van der Waals surface area contributed by atoms with Crippen LogP contribution in [0.1, 0.15) is 26.7 Å². The summed E-state index contributed by atoms with van der Waals surface area (Å²) >= 11 is 0. The van der Waals surface area contributed by atoms with Crippen LogP contribution in [0.2, 0.25) is 0 Å². The highest BCUT2D eigenvalue weighted by Gasteiger charge is 2.02. The molecule has 0 aliphatic rings. The van der Waals surface area contributed by atoms with E-state index in [-0.39, 0.29) is 5.56 Å². The standard InChI is InChI=1S/C15H21N3O/c1-12(2)16-9-5-6-10-18-11-17-14-8-4-3-7-13(14)15(18)19/h3-4,7-8,11-12,16H,5-6,9-10H2,1-2H3. The van der Waals surface area contributed by atoms with Gasteiger partial charge in [0.2, 0.25) is 0 Å². The topological polar surface area (TPSA) is 46.9 Å². The summed E-state index contributed by atoms with van der Waals surface area (Å²) < 4.78 is 1.71. The number of unbranched alkanes of at least 4 members (excludes halogenated alkanes) is 1. The highest BCUT2D eigenvalue weighted by atomic mass is 16.1. The number of para-hydroxylation sites is 1. The molecule has 102 valence electrons. The molecule has 0 amide bonds. The Bertz CT molecular complexity index is 589. The van der Waals surface area contributed by atoms with E-state index < -0.39 is 0 Å². The van der Waals surface area contributed by atoms with Crippen LogP contribution in [0, 0.1) is 0 Å². The molecule has 1 N–H and O–H groups in total. The van der Waals surface area contributed by atoms with Crippen LogP contribution >= 0.6 is 0 Å². The van der Waals surface area contributed by atoms with E-state index in [1.165, 1.54) is 0 Å². The van der Waals surface area contributed by atoms with E-state index in [4.69, 9.17) is 0 Å². The molecule has 0 unspecified atom stereocenters. The fourth-order valence-corrected chi connectivity index (χ4v) is 2.06. The minimum absolute atomic E-state index is 0.0578. The van der Waals surface area contributed by atoms with Gasteiger partial charge in [0.1, 0.15) is 0 Å². The van der Waals surface area contributed by atoms with E-state index in [2.05, 4.69) is 24.1 Å². The second kappa shape index (κ2) is 6.48. The molecule has 0 aliphatic carbocycles. The second-order valence-electron chi connectivity index (χ2n) is 5.08. The molecule has 0 saturated heterocycles. The van der Waals surface area contributed by atoms with Crippen LogP contribution < -0.4 is 10.9 Å². The Hall–Kier alpha value is -1.68. The number of hydrogen-bond donors (Lipinski definition) is 1. The van der Waals surface area contributed by atoms with Gasteiger partial charge in [0.15, 0.2) is 0 Å². The second-order valence-corrected chi connectivity index (χ2v) is 5.08. The maximum Gasteiger partial charge on any atom is 0.261 e. The largest absolute Gasteiger partial charge is 0.315 e. The molecule has 1 aromatic heterocycles. The van der Waals surface area contributed by atoms with Gasteiger partial charge in [-0.15, -0.1) is 0 Å². The van der Waals surface area contributed by atoms with Crippen molar-refractivity contribution in [3.05, 3.63) is 40.9 Å². The number of nitrogens with zero attached hydrogens (tertiary/aromatic N) is 2. The van der Waals surface area contributed by atoms with Gasteiger partial charge in [-0.25, -0.2) is 4.98 Å². The molecule has 2 rings (SSSR count). The minimum Gasteiger partial charge on any atom is -0.315 e. The Morgan fingerprint density at radius 2 is 2.05 bits per heavy atom. The van der Waals surface area contributed by atoms with Gasteiger partial charge in [-0.1, -0.05) is 26.0 Å². The summed E-state index contributed by atoms with van der Waals surface area (Å²) in [6.45, 7) is 6.00. The lowest BCUT2D eigenvalue weighted by Gasteiger charge is -2.09. The van der Waals surface area contributed by atoms with Crippen molar-refractivity contribution in [1.29, 1.82) is 0 Å². The predicted molar refractivity (Wildman–Crippen MR) is 78.4 cm³/mol. The Balaban J connectivity index is 1.98. The third-order valence-corrected chi connectivity index (χ3v) is 3.11. The van der Waals surface area contributed by atoms with Crippen molar-refractivity contribution in [2.45, 2.75) is 39.3 Å².